The lowest BCUT2D eigenvalue weighted by Crippen LogP contribution is -2.34. The van der Waals surface area contributed by atoms with Gasteiger partial charge in [-0.25, -0.2) is 12.8 Å². The van der Waals surface area contributed by atoms with E-state index in [-0.39, 0.29) is 18.1 Å². The largest absolute Gasteiger partial charge is 0.326 e. The predicted molar refractivity (Wildman–Crippen MR) is 100 cm³/mol. The molecule has 0 saturated carbocycles. The van der Waals surface area contributed by atoms with E-state index in [4.69, 9.17) is 0 Å². The minimum Gasteiger partial charge on any atom is -0.326 e. The van der Waals surface area contributed by atoms with Crippen molar-refractivity contribution in [1.29, 1.82) is 0 Å². The predicted octanol–water partition coefficient (Wildman–Crippen LogP) is 3.11. The first kappa shape index (κ1) is 18.4. The number of nitrogens with zero attached hydrogens (tertiary/aromatic N) is 1. The highest BCUT2D eigenvalue weighted by Crippen LogP contribution is 2.31. The molecule has 138 valence electrons. The summed E-state index contributed by atoms with van der Waals surface area (Å²) in [6, 6.07) is 11.6. The van der Waals surface area contributed by atoms with Crippen LogP contribution >= 0.6 is 0 Å². The molecule has 0 aromatic heterocycles. The normalized spacial score (nSPS) is 14.0. The summed E-state index contributed by atoms with van der Waals surface area (Å²) in [5.41, 5.74) is 2.70. The molecular formula is C19H21FN2O3S. The van der Waals surface area contributed by atoms with E-state index in [2.05, 4.69) is 5.32 Å². The van der Waals surface area contributed by atoms with E-state index in [9.17, 15) is 17.6 Å². The number of benzene rings is 2. The number of hydrogen-bond donors (Lipinski definition) is 1. The van der Waals surface area contributed by atoms with Crippen LogP contribution in [0.2, 0.25) is 0 Å². The van der Waals surface area contributed by atoms with Gasteiger partial charge >= 0.3 is 0 Å². The lowest BCUT2D eigenvalue weighted by molar-refractivity contribution is -0.116. The average molecular weight is 376 g/mol. The smallest absolute Gasteiger partial charge is 0.232 e. The molecule has 0 atom stereocenters. The Labute approximate surface area is 152 Å². The Bertz CT molecular complexity index is 928. The zero-order valence-electron chi connectivity index (χ0n) is 14.5. The van der Waals surface area contributed by atoms with Crippen molar-refractivity contribution in [3.63, 3.8) is 0 Å². The quantitative estimate of drug-likeness (QED) is 0.872. The van der Waals surface area contributed by atoms with Crippen molar-refractivity contribution in [3.05, 3.63) is 59.4 Å². The number of carbonyl (C=O) groups is 1. The number of rotatable bonds is 5. The molecule has 0 spiro atoms. The van der Waals surface area contributed by atoms with Crippen LogP contribution in [0.1, 0.15) is 24.0 Å². The van der Waals surface area contributed by atoms with Gasteiger partial charge in [0.2, 0.25) is 15.9 Å². The monoisotopic (exact) mass is 376 g/mol. The summed E-state index contributed by atoms with van der Waals surface area (Å²) in [7, 11) is -3.31. The van der Waals surface area contributed by atoms with E-state index in [0.29, 0.717) is 29.9 Å². The molecule has 5 nitrogen and oxygen atoms in total. The van der Waals surface area contributed by atoms with Crippen LogP contribution in [0.25, 0.3) is 0 Å². The summed E-state index contributed by atoms with van der Waals surface area (Å²) in [4.78, 5) is 12.1. The van der Waals surface area contributed by atoms with E-state index in [1.807, 2.05) is 6.07 Å². The number of nitrogens with one attached hydrogen (secondary N) is 1. The summed E-state index contributed by atoms with van der Waals surface area (Å²) < 4.78 is 38.8. The molecule has 0 aliphatic carbocycles. The van der Waals surface area contributed by atoms with E-state index >= 15 is 0 Å². The van der Waals surface area contributed by atoms with Crippen LogP contribution < -0.4 is 9.62 Å². The summed E-state index contributed by atoms with van der Waals surface area (Å²) in [5.74, 6) is -0.515. The van der Waals surface area contributed by atoms with Crippen molar-refractivity contribution >= 4 is 27.3 Å². The second-order valence-corrected chi connectivity index (χ2v) is 8.33. The summed E-state index contributed by atoms with van der Waals surface area (Å²) >= 11 is 0. The molecule has 1 aliphatic heterocycles. The van der Waals surface area contributed by atoms with E-state index < -0.39 is 10.0 Å². The molecule has 26 heavy (non-hydrogen) atoms. The van der Waals surface area contributed by atoms with Crippen molar-refractivity contribution in [3.8, 4) is 0 Å². The second kappa shape index (κ2) is 7.45. The third-order valence-electron chi connectivity index (χ3n) is 4.42. The number of aryl methyl sites for hydroxylation is 2. The minimum atomic E-state index is -3.31. The Kier molecular flexibility index (Phi) is 5.27. The highest BCUT2D eigenvalue weighted by molar-refractivity contribution is 7.92. The van der Waals surface area contributed by atoms with E-state index in [1.165, 1.54) is 16.6 Å². The molecule has 2 aromatic carbocycles. The Balaban J connectivity index is 1.67. The number of anilines is 2. The molecule has 1 aliphatic rings. The van der Waals surface area contributed by atoms with Gasteiger partial charge in [0.05, 0.1) is 11.9 Å². The lowest BCUT2D eigenvalue weighted by atomic mass is 10.0. The van der Waals surface area contributed by atoms with Gasteiger partial charge in [-0.2, -0.15) is 0 Å². The van der Waals surface area contributed by atoms with Crippen molar-refractivity contribution < 1.29 is 17.6 Å². The van der Waals surface area contributed by atoms with Gasteiger partial charge in [-0.05, 0) is 54.7 Å². The van der Waals surface area contributed by atoms with Crippen LogP contribution in [-0.2, 0) is 27.7 Å². The zero-order chi connectivity index (χ0) is 18.7. The fraction of sp³-hybridized carbons (Fsp3) is 0.316. The Hall–Kier alpha value is -2.41. The van der Waals surface area contributed by atoms with Crippen LogP contribution in [0, 0.1) is 5.82 Å². The summed E-state index contributed by atoms with van der Waals surface area (Å²) in [5, 5.41) is 2.81. The maximum Gasteiger partial charge on any atom is 0.232 e. The van der Waals surface area contributed by atoms with Gasteiger partial charge in [-0.15, -0.1) is 0 Å². The Morgan fingerprint density at radius 1 is 1.23 bits per heavy atom. The number of fused-ring (bicyclic) bond motifs is 1. The first-order chi connectivity index (χ1) is 12.3. The molecule has 0 fully saturated rings. The highest BCUT2D eigenvalue weighted by Gasteiger charge is 2.24. The molecule has 1 heterocycles. The Morgan fingerprint density at radius 3 is 2.73 bits per heavy atom. The lowest BCUT2D eigenvalue weighted by Gasteiger charge is -2.29. The molecular weight excluding hydrogens is 355 g/mol. The van der Waals surface area contributed by atoms with Gasteiger partial charge in [-0.1, -0.05) is 18.2 Å². The molecule has 0 saturated heterocycles. The van der Waals surface area contributed by atoms with Gasteiger partial charge in [0, 0.05) is 18.7 Å². The minimum absolute atomic E-state index is 0.174. The number of carbonyl (C=O) groups excluding carboxylic acids is 1. The van der Waals surface area contributed by atoms with Gasteiger partial charge in [0.1, 0.15) is 5.82 Å². The number of hydrogen-bond acceptors (Lipinski definition) is 3. The topological polar surface area (TPSA) is 66.5 Å². The fourth-order valence-electron chi connectivity index (χ4n) is 3.16. The zero-order valence-corrected chi connectivity index (χ0v) is 15.4. The maximum absolute atomic E-state index is 13.6. The third-order valence-corrected chi connectivity index (χ3v) is 5.60. The highest BCUT2D eigenvalue weighted by atomic mass is 32.2. The van der Waals surface area contributed by atoms with Crippen LogP contribution in [0.5, 0.6) is 0 Å². The van der Waals surface area contributed by atoms with Crippen molar-refractivity contribution in [2.24, 2.45) is 0 Å². The third kappa shape index (κ3) is 4.22. The maximum atomic E-state index is 13.6. The summed E-state index contributed by atoms with van der Waals surface area (Å²) in [6.45, 7) is 0.472. The van der Waals surface area contributed by atoms with Crippen LogP contribution in [-0.4, -0.2) is 27.1 Å². The van der Waals surface area contributed by atoms with Crippen LogP contribution in [0.3, 0.4) is 0 Å². The van der Waals surface area contributed by atoms with Crippen LogP contribution in [0.4, 0.5) is 15.8 Å². The summed E-state index contributed by atoms with van der Waals surface area (Å²) in [6.07, 6.45) is 3.20. The Morgan fingerprint density at radius 2 is 2.00 bits per heavy atom. The van der Waals surface area contributed by atoms with Crippen molar-refractivity contribution in [2.45, 2.75) is 25.7 Å². The fourth-order valence-corrected chi connectivity index (χ4v) is 4.15. The van der Waals surface area contributed by atoms with Crippen molar-refractivity contribution in [2.75, 3.05) is 22.4 Å². The van der Waals surface area contributed by atoms with Gasteiger partial charge in [0.15, 0.2) is 0 Å². The standard InChI is InChI=1S/C19H21FN2O3S/c1-26(24,25)22-12-4-6-15-13-16(9-10-18(15)22)21-19(23)11-8-14-5-2-3-7-17(14)20/h2-3,5,7,9-10,13H,4,6,8,11-12H2,1H3,(H,21,23). The molecule has 1 amide bonds. The average Bonchev–Trinajstić information content (AvgIpc) is 2.59. The van der Waals surface area contributed by atoms with Crippen LogP contribution in [0.15, 0.2) is 42.5 Å². The number of amides is 1. The van der Waals surface area contributed by atoms with Crippen molar-refractivity contribution in [1.82, 2.24) is 0 Å². The van der Waals surface area contributed by atoms with E-state index in [1.54, 1.807) is 30.3 Å². The first-order valence-corrected chi connectivity index (χ1v) is 10.3. The molecule has 0 bridgehead atoms. The molecule has 7 heteroatoms. The SMILES string of the molecule is CS(=O)(=O)N1CCCc2cc(NC(=O)CCc3ccccc3F)ccc21. The first-order valence-electron chi connectivity index (χ1n) is 8.48. The molecule has 0 unspecified atom stereocenters. The molecule has 0 radical (unpaired) electrons. The van der Waals surface area contributed by atoms with Gasteiger partial charge in [-0.3, -0.25) is 9.10 Å². The number of halogens is 1. The molecule has 1 N–H and O–H groups in total. The van der Waals surface area contributed by atoms with Gasteiger partial charge in [0.25, 0.3) is 0 Å². The molecule has 2 aromatic rings. The molecule has 3 rings (SSSR count). The van der Waals surface area contributed by atoms with E-state index in [0.717, 1.165) is 18.4 Å². The second-order valence-electron chi connectivity index (χ2n) is 6.42. The number of sulfonamides is 1. The van der Waals surface area contributed by atoms with Gasteiger partial charge < -0.3 is 5.32 Å².